The SMILES string of the molecule is CC(C)OCCn1c(CCl)nc2cc(I)c(F)cc21. The zero-order valence-electron chi connectivity index (χ0n) is 10.8. The van der Waals surface area contributed by atoms with E-state index in [0.29, 0.717) is 22.6 Å². The zero-order chi connectivity index (χ0) is 14.0. The lowest BCUT2D eigenvalue weighted by atomic mass is 10.3. The summed E-state index contributed by atoms with van der Waals surface area (Å²) in [6, 6.07) is 3.25. The standard InChI is InChI=1S/C13H15ClFIN2O/c1-8(2)19-4-3-18-12-5-9(15)10(16)6-11(12)17-13(18)7-14/h5-6,8H,3-4,7H2,1-2H3. The van der Waals surface area contributed by atoms with Crippen LogP contribution in [-0.4, -0.2) is 22.3 Å². The van der Waals surface area contributed by atoms with Crippen LogP contribution in [0.25, 0.3) is 11.0 Å². The van der Waals surface area contributed by atoms with Crippen LogP contribution in [0, 0.1) is 9.39 Å². The van der Waals surface area contributed by atoms with E-state index >= 15 is 0 Å². The van der Waals surface area contributed by atoms with Crippen LogP contribution in [-0.2, 0) is 17.2 Å². The molecule has 0 amide bonds. The minimum absolute atomic E-state index is 0.173. The molecule has 2 aromatic rings. The Morgan fingerprint density at radius 2 is 2.21 bits per heavy atom. The van der Waals surface area contributed by atoms with E-state index < -0.39 is 0 Å². The Labute approximate surface area is 130 Å². The number of fused-ring (bicyclic) bond motifs is 1. The molecule has 1 heterocycles. The number of benzene rings is 1. The lowest BCUT2D eigenvalue weighted by molar-refractivity contribution is 0.0729. The number of aromatic nitrogens is 2. The van der Waals surface area contributed by atoms with Crippen molar-refractivity contribution >= 4 is 45.2 Å². The maximum Gasteiger partial charge on any atom is 0.138 e. The number of alkyl halides is 1. The Bertz CT molecular complexity index is 586. The van der Waals surface area contributed by atoms with Gasteiger partial charge in [-0.15, -0.1) is 11.6 Å². The van der Waals surface area contributed by atoms with Gasteiger partial charge in [-0.2, -0.15) is 0 Å². The van der Waals surface area contributed by atoms with Gasteiger partial charge < -0.3 is 9.30 Å². The van der Waals surface area contributed by atoms with Crippen molar-refractivity contribution in [1.82, 2.24) is 9.55 Å². The summed E-state index contributed by atoms with van der Waals surface area (Å²) >= 11 is 7.87. The highest BCUT2D eigenvalue weighted by atomic mass is 127. The summed E-state index contributed by atoms with van der Waals surface area (Å²) in [5.74, 6) is 0.805. The molecule has 2 rings (SSSR count). The van der Waals surface area contributed by atoms with Crippen LogP contribution in [0.4, 0.5) is 4.39 Å². The molecule has 0 saturated heterocycles. The molecular weight excluding hydrogens is 382 g/mol. The topological polar surface area (TPSA) is 27.1 Å². The summed E-state index contributed by atoms with van der Waals surface area (Å²) in [6.45, 7) is 5.14. The number of hydrogen-bond acceptors (Lipinski definition) is 2. The van der Waals surface area contributed by atoms with Gasteiger partial charge in [0, 0.05) is 12.6 Å². The van der Waals surface area contributed by atoms with Gasteiger partial charge >= 0.3 is 0 Å². The van der Waals surface area contributed by atoms with E-state index in [2.05, 4.69) is 4.98 Å². The number of imidazole rings is 1. The molecule has 0 N–H and O–H groups in total. The average molecular weight is 397 g/mol. The number of hydrogen-bond donors (Lipinski definition) is 0. The fourth-order valence-electron chi connectivity index (χ4n) is 1.90. The van der Waals surface area contributed by atoms with Gasteiger partial charge in [0.1, 0.15) is 11.6 Å². The van der Waals surface area contributed by atoms with E-state index in [1.165, 1.54) is 6.07 Å². The quantitative estimate of drug-likeness (QED) is 0.565. The number of nitrogens with zero attached hydrogens (tertiary/aromatic N) is 2. The van der Waals surface area contributed by atoms with Gasteiger partial charge in [-0.05, 0) is 42.5 Å². The second-order valence-electron chi connectivity index (χ2n) is 4.49. The van der Waals surface area contributed by atoms with Crippen molar-refractivity contribution in [3.63, 3.8) is 0 Å². The van der Waals surface area contributed by atoms with E-state index in [4.69, 9.17) is 16.3 Å². The number of halogens is 3. The van der Waals surface area contributed by atoms with Gasteiger partial charge in [0.05, 0.1) is 33.2 Å². The first-order valence-electron chi connectivity index (χ1n) is 6.04. The highest BCUT2D eigenvalue weighted by Crippen LogP contribution is 2.22. The first-order valence-corrected chi connectivity index (χ1v) is 7.66. The molecule has 0 unspecified atom stereocenters. The van der Waals surface area contributed by atoms with Crippen molar-refractivity contribution < 1.29 is 9.13 Å². The molecular formula is C13H15ClFIN2O. The van der Waals surface area contributed by atoms with Crippen LogP contribution in [0.2, 0.25) is 0 Å². The van der Waals surface area contributed by atoms with Crippen LogP contribution < -0.4 is 0 Å². The summed E-state index contributed by atoms with van der Waals surface area (Å²) in [6.07, 6.45) is 0.173. The Hall–Kier alpha value is -0.400. The van der Waals surface area contributed by atoms with E-state index in [0.717, 1.165) is 16.9 Å². The maximum atomic E-state index is 13.7. The molecule has 0 aliphatic rings. The van der Waals surface area contributed by atoms with E-state index in [1.807, 2.05) is 41.0 Å². The molecule has 19 heavy (non-hydrogen) atoms. The molecule has 0 fully saturated rings. The molecule has 3 nitrogen and oxygen atoms in total. The number of rotatable bonds is 5. The highest BCUT2D eigenvalue weighted by molar-refractivity contribution is 14.1. The minimum Gasteiger partial charge on any atom is -0.377 e. The first kappa shape index (κ1) is 15.0. The molecule has 0 radical (unpaired) electrons. The van der Waals surface area contributed by atoms with Crippen LogP contribution in [0.3, 0.4) is 0 Å². The van der Waals surface area contributed by atoms with Crippen molar-refractivity contribution in [3.8, 4) is 0 Å². The lowest BCUT2D eigenvalue weighted by Gasteiger charge is -2.10. The molecule has 1 aromatic carbocycles. The molecule has 0 bridgehead atoms. The van der Waals surface area contributed by atoms with Gasteiger partial charge in [-0.1, -0.05) is 0 Å². The first-order chi connectivity index (χ1) is 9.02. The van der Waals surface area contributed by atoms with Gasteiger partial charge in [0.15, 0.2) is 0 Å². The third kappa shape index (κ3) is 3.38. The zero-order valence-corrected chi connectivity index (χ0v) is 13.7. The Morgan fingerprint density at radius 1 is 1.47 bits per heavy atom. The summed E-state index contributed by atoms with van der Waals surface area (Å²) in [7, 11) is 0. The summed E-state index contributed by atoms with van der Waals surface area (Å²) in [5.41, 5.74) is 1.53. The number of ether oxygens (including phenoxy) is 1. The molecule has 0 saturated carbocycles. The summed E-state index contributed by atoms with van der Waals surface area (Å²) < 4.78 is 21.7. The summed E-state index contributed by atoms with van der Waals surface area (Å²) in [5, 5.41) is 0. The predicted octanol–water partition coefficient (Wildman–Crippen LogP) is 3.94. The summed E-state index contributed by atoms with van der Waals surface area (Å²) in [4.78, 5) is 4.43. The van der Waals surface area contributed by atoms with E-state index in [1.54, 1.807) is 6.07 Å². The van der Waals surface area contributed by atoms with Gasteiger partial charge in [0.2, 0.25) is 0 Å². The average Bonchev–Trinajstić information content (AvgIpc) is 2.67. The van der Waals surface area contributed by atoms with Crippen molar-refractivity contribution in [3.05, 3.63) is 27.3 Å². The van der Waals surface area contributed by atoms with Crippen molar-refractivity contribution in [2.45, 2.75) is 32.4 Å². The molecule has 1 aromatic heterocycles. The predicted molar refractivity (Wildman–Crippen MR) is 83.1 cm³/mol. The fraction of sp³-hybridized carbons (Fsp3) is 0.462. The molecule has 6 heteroatoms. The lowest BCUT2D eigenvalue weighted by Crippen LogP contribution is -2.12. The third-order valence-corrected chi connectivity index (χ3v) is 3.82. The van der Waals surface area contributed by atoms with Crippen LogP contribution in [0.15, 0.2) is 12.1 Å². The molecule has 0 aliphatic heterocycles. The van der Waals surface area contributed by atoms with Crippen LogP contribution in [0.5, 0.6) is 0 Å². The third-order valence-electron chi connectivity index (χ3n) is 2.75. The molecule has 104 valence electrons. The molecule has 0 spiro atoms. The maximum absolute atomic E-state index is 13.7. The molecule has 0 aliphatic carbocycles. The normalized spacial score (nSPS) is 11.7. The smallest absolute Gasteiger partial charge is 0.138 e. The van der Waals surface area contributed by atoms with E-state index in [9.17, 15) is 4.39 Å². The second-order valence-corrected chi connectivity index (χ2v) is 5.92. The van der Waals surface area contributed by atoms with Crippen molar-refractivity contribution in [2.24, 2.45) is 0 Å². The monoisotopic (exact) mass is 396 g/mol. The fourth-order valence-corrected chi connectivity index (χ4v) is 2.56. The minimum atomic E-state index is -0.236. The second kappa shape index (κ2) is 6.37. The van der Waals surface area contributed by atoms with Crippen molar-refractivity contribution in [1.29, 1.82) is 0 Å². The van der Waals surface area contributed by atoms with Crippen LogP contribution in [0.1, 0.15) is 19.7 Å². The van der Waals surface area contributed by atoms with Gasteiger partial charge in [-0.3, -0.25) is 0 Å². The Kier molecular flexibility index (Phi) is 5.03. The Balaban J connectivity index is 2.36. The largest absolute Gasteiger partial charge is 0.377 e. The van der Waals surface area contributed by atoms with Gasteiger partial charge in [0.25, 0.3) is 0 Å². The van der Waals surface area contributed by atoms with Crippen LogP contribution >= 0.6 is 34.2 Å². The Morgan fingerprint density at radius 3 is 2.84 bits per heavy atom. The van der Waals surface area contributed by atoms with Gasteiger partial charge in [-0.25, -0.2) is 9.37 Å². The molecule has 0 atom stereocenters. The van der Waals surface area contributed by atoms with E-state index in [-0.39, 0.29) is 11.9 Å². The van der Waals surface area contributed by atoms with Crippen molar-refractivity contribution in [2.75, 3.05) is 6.61 Å². The highest BCUT2D eigenvalue weighted by Gasteiger charge is 2.13.